The number of anilines is 1. The maximum Gasteiger partial charge on any atom is 0.231 e. The number of nitrogens with one attached hydrogen (secondary N) is 1. The highest BCUT2D eigenvalue weighted by Crippen LogP contribution is 2.34. The molecule has 1 heterocycles. The van der Waals surface area contributed by atoms with Gasteiger partial charge in [0.05, 0.1) is 7.11 Å². The van der Waals surface area contributed by atoms with Crippen molar-refractivity contribution in [3.05, 3.63) is 77.4 Å². The topological polar surface area (TPSA) is 49.0 Å². The molecule has 0 saturated carbocycles. The first-order chi connectivity index (χ1) is 13.7. The van der Waals surface area contributed by atoms with Crippen LogP contribution in [0.4, 0.5) is 5.69 Å². The van der Waals surface area contributed by atoms with E-state index in [9.17, 15) is 0 Å². The standard InChI is InChI=1S/C23H23NO4/c1-16-3-5-17(6-4-16)14-26-20-9-7-18(11-22(20)25-2)13-24-19-8-10-21-23(12-19)28-15-27-21/h3-12,24H,13-15H2,1-2H3. The summed E-state index contributed by atoms with van der Waals surface area (Å²) in [5, 5.41) is 3.39. The molecule has 0 fully saturated rings. The third kappa shape index (κ3) is 4.14. The largest absolute Gasteiger partial charge is 0.493 e. The Hall–Kier alpha value is -3.34. The Morgan fingerprint density at radius 3 is 2.46 bits per heavy atom. The highest BCUT2D eigenvalue weighted by molar-refractivity contribution is 5.56. The van der Waals surface area contributed by atoms with Gasteiger partial charge in [0.2, 0.25) is 6.79 Å². The molecule has 4 rings (SSSR count). The van der Waals surface area contributed by atoms with Gasteiger partial charge in [0.15, 0.2) is 23.0 Å². The SMILES string of the molecule is COc1cc(CNc2ccc3c(c2)OCO3)ccc1OCc1ccc(C)cc1. The van der Waals surface area contributed by atoms with E-state index in [-0.39, 0.29) is 6.79 Å². The zero-order valence-electron chi connectivity index (χ0n) is 16.0. The predicted octanol–water partition coefficient (Wildman–Crippen LogP) is 4.92. The summed E-state index contributed by atoms with van der Waals surface area (Å²) in [5.41, 5.74) is 4.43. The van der Waals surface area contributed by atoms with Crippen LogP contribution in [-0.4, -0.2) is 13.9 Å². The summed E-state index contributed by atoms with van der Waals surface area (Å²) in [4.78, 5) is 0. The van der Waals surface area contributed by atoms with Gasteiger partial charge < -0.3 is 24.3 Å². The van der Waals surface area contributed by atoms with Gasteiger partial charge in [-0.15, -0.1) is 0 Å². The van der Waals surface area contributed by atoms with Crippen molar-refractivity contribution in [1.82, 2.24) is 0 Å². The lowest BCUT2D eigenvalue weighted by atomic mass is 10.1. The van der Waals surface area contributed by atoms with Crippen molar-refractivity contribution >= 4 is 5.69 Å². The van der Waals surface area contributed by atoms with Crippen LogP contribution in [0.2, 0.25) is 0 Å². The van der Waals surface area contributed by atoms with Crippen molar-refractivity contribution in [1.29, 1.82) is 0 Å². The number of methoxy groups -OCH3 is 1. The van der Waals surface area contributed by atoms with E-state index in [1.807, 2.05) is 36.4 Å². The Kier molecular flexibility index (Phi) is 5.24. The molecule has 3 aromatic rings. The lowest BCUT2D eigenvalue weighted by Gasteiger charge is -2.13. The lowest BCUT2D eigenvalue weighted by Crippen LogP contribution is -2.02. The Bertz CT molecular complexity index is 953. The normalized spacial score (nSPS) is 11.9. The number of aryl methyl sites for hydroxylation is 1. The molecular weight excluding hydrogens is 354 g/mol. The summed E-state index contributed by atoms with van der Waals surface area (Å²) in [6.07, 6.45) is 0. The highest BCUT2D eigenvalue weighted by Gasteiger charge is 2.13. The number of rotatable bonds is 7. The minimum absolute atomic E-state index is 0.278. The molecule has 1 aliphatic rings. The van der Waals surface area contributed by atoms with E-state index < -0.39 is 0 Å². The van der Waals surface area contributed by atoms with Crippen LogP contribution in [-0.2, 0) is 13.2 Å². The molecular formula is C23H23NO4. The van der Waals surface area contributed by atoms with E-state index in [4.69, 9.17) is 18.9 Å². The van der Waals surface area contributed by atoms with Gasteiger partial charge >= 0.3 is 0 Å². The molecule has 1 aliphatic heterocycles. The van der Waals surface area contributed by atoms with E-state index in [0.717, 1.165) is 39.8 Å². The van der Waals surface area contributed by atoms with Gasteiger partial charge in [0.1, 0.15) is 6.61 Å². The van der Waals surface area contributed by atoms with Gasteiger partial charge in [0, 0.05) is 18.3 Å². The summed E-state index contributed by atoms with van der Waals surface area (Å²) in [5.74, 6) is 3.00. The average Bonchev–Trinajstić information content (AvgIpc) is 3.20. The summed E-state index contributed by atoms with van der Waals surface area (Å²) in [6, 6.07) is 20.1. The predicted molar refractivity (Wildman–Crippen MR) is 108 cm³/mol. The summed E-state index contributed by atoms with van der Waals surface area (Å²) >= 11 is 0. The fourth-order valence-corrected chi connectivity index (χ4v) is 3.00. The number of benzene rings is 3. The van der Waals surface area contributed by atoms with Crippen LogP contribution in [0.25, 0.3) is 0 Å². The summed E-state index contributed by atoms with van der Waals surface area (Å²) < 4.78 is 22.2. The molecule has 28 heavy (non-hydrogen) atoms. The Labute approximate surface area is 164 Å². The second kappa shape index (κ2) is 8.13. The fourth-order valence-electron chi connectivity index (χ4n) is 3.00. The first-order valence-corrected chi connectivity index (χ1v) is 9.20. The van der Waals surface area contributed by atoms with Crippen LogP contribution < -0.4 is 24.3 Å². The van der Waals surface area contributed by atoms with Crippen LogP contribution in [0, 0.1) is 6.92 Å². The molecule has 0 saturated heterocycles. The van der Waals surface area contributed by atoms with Crippen LogP contribution >= 0.6 is 0 Å². The molecule has 144 valence electrons. The Morgan fingerprint density at radius 2 is 1.64 bits per heavy atom. The Balaban J connectivity index is 1.39. The minimum atomic E-state index is 0.278. The Morgan fingerprint density at radius 1 is 0.857 bits per heavy atom. The van der Waals surface area contributed by atoms with E-state index >= 15 is 0 Å². The molecule has 0 amide bonds. The monoisotopic (exact) mass is 377 g/mol. The first kappa shape index (κ1) is 18.0. The summed E-state index contributed by atoms with van der Waals surface area (Å²) in [7, 11) is 1.66. The van der Waals surface area contributed by atoms with Crippen LogP contribution in [0.3, 0.4) is 0 Å². The van der Waals surface area contributed by atoms with Crippen LogP contribution in [0.15, 0.2) is 60.7 Å². The molecule has 0 bridgehead atoms. The zero-order chi connectivity index (χ0) is 19.3. The van der Waals surface area contributed by atoms with Gasteiger partial charge in [-0.05, 0) is 42.3 Å². The molecule has 5 heteroatoms. The smallest absolute Gasteiger partial charge is 0.231 e. The van der Waals surface area contributed by atoms with Crippen LogP contribution in [0.1, 0.15) is 16.7 Å². The van der Waals surface area contributed by atoms with E-state index in [0.29, 0.717) is 13.2 Å². The molecule has 1 N–H and O–H groups in total. The van der Waals surface area contributed by atoms with Gasteiger partial charge in [-0.1, -0.05) is 35.9 Å². The number of hydrogen-bond acceptors (Lipinski definition) is 5. The van der Waals surface area contributed by atoms with E-state index in [1.54, 1.807) is 7.11 Å². The van der Waals surface area contributed by atoms with E-state index in [1.165, 1.54) is 5.56 Å². The number of ether oxygens (including phenoxy) is 4. The van der Waals surface area contributed by atoms with Crippen LogP contribution in [0.5, 0.6) is 23.0 Å². The molecule has 0 radical (unpaired) electrons. The maximum atomic E-state index is 5.95. The number of fused-ring (bicyclic) bond motifs is 1. The third-order valence-electron chi connectivity index (χ3n) is 4.61. The molecule has 3 aromatic carbocycles. The molecule has 0 aromatic heterocycles. The maximum absolute atomic E-state index is 5.95. The fraction of sp³-hybridized carbons (Fsp3) is 0.217. The van der Waals surface area contributed by atoms with E-state index in [2.05, 4.69) is 36.5 Å². The van der Waals surface area contributed by atoms with Gasteiger partial charge in [-0.25, -0.2) is 0 Å². The molecule has 0 atom stereocenters. The van der Waals surface area contributed by atoms with Crippen molar-refractivity contribution in [2.75, 3.05) is 19.2 Å². The minimum Gasteiger partial charge on any atom is -0.493 e. The number of hydrogen-bond donors (Lipinski definition) is 1. The molecule has 0 spiro atoms. The first-order valence-electron chi connectivity index (χ1n) is 9.20. The molecule has 5 nitrogen and oxygen atoms in total. The zero-order valence-corrected chi connectivity index (χ0v) is 16.0. The van der Waals surface area contributed by atoms with Crippen molar-refractivity contribution in [2.24, 2.45) is 0 Å². The lowest BCUT2D eigenvalue weighted by molar-refractivity contribution is 0.174. The van der Waals surface area contributed by atoms with Gasteiger partial charge in [-0.2, -0.15) is 0 Å². The van der Waals surface area contributed by atoms with Crippen molar-refractivity contribution in [3.63, 3.8) is 0 Å². The third-order valence-corrected chi connectivity index (χ3v) is 4.61. The van der Waals surface area contributed by atoms with Crippen molar-refractivity contribution in [3.8, 4) is 23.0 Å². The van der Waals surface area contributed by atoms with Crippen molar-refractivity contribution < 1.29 is 18.9 Å². The summed E-state index contributed by atoms with van der Waals surface area (Å²) in [6.45, 7) is 3.52. The second-order valence-corrected chi connectivity index (χ2v) is 6.68. The average molecular weight is 377 g/mol. The quantitative estimate of drug-likeness (QED) is 0.633. The second-order valence-electron chi connectivity index (χ2n) is 6.68. The van der Waals surface area contributed by atoms with Gasteiger partial charge in [0.25, 0.3) is 0 Å². The van der Waals surface area contributed by atoms with Gasteiger partial charge in [-0.3, -0.25) is 0 Å². The molecule has 0 aliphatic carbocycles. The highest BCUT2D eigenvalue weighted by atomic mass is 16.7. The van der Waals surface area contributed by atoms with Crippen molar-refractivity contribution in [2.45, 2.75) is 20.1 Å². The molecule has 0 unspecified atom stereocenters.